The molecule has 1 aromatic carbocycles. The second kappa shape index (κ2) is 6.40. The van der Waals surface area contributed by atoms with Crippen LogP contribution < -0.4 is 5.32 Å². The lowest BCUT2D eigenvalue weighted by Gasteiger charge is -2.23. The van der Waals surface area contributed by atoms with Gasteiger partial charge < -0.3 is 15.3 Å². The first-order valence-corrected chi connectivity index (χ1v) is 7.98. The van der Waals surface area contributed by atoms with Crippen LogP contribution >= 0.6 is 0 Å². The molecule has 1 heterocycles. The number of benzene rings is 1. The number of likely N-dealkylation sites (tertiary alicyclic amines) is 1. The van der Waals surface area contributed by atoms with Gasteiger partial charge in [-0.3, -0.25) is 14.4 Å². The Bertz CT molecular complexity index is 622. The first-order chi connectivity index (χ1) is 11.0. The number of anilines is 1. The number of nitrogens with one attached hydrogen (secondary N) is 1. The van der Waals surface area contributed by atoms with Gasteiger partial charge in [-0.25, -0.2) is 0 Å². The van der Waals surface area contributed by atoms with Crippen LogP contribution in [0.4, 0.5) is 5.69 Å². The lowest BCUT2D eigenvalue weighted by molar-refractivity contribution is -0.138. The van der Waals surface area contributed by atoms with Gasteiger partial charge in [-0.15, -0.1) is 0 Å². The van der Waals surface area contributed by atoms with E-state index in [-0.39, 0.29) is 30.2 Å². The van der Waals surface area contributed by atoms with E-state index < -0.39 is 5.97 Å². The second-order valence-electron chi connectivity index (χ2n) is 6.23. The number of nitrogens with zero attached hydrogens (tertiary/aromatic N) is 1. The first-order valence-electron chi connectivity index (χ1n) is 7.98. The van der Waals surface area contributed by atoms with Crippen LogP contribution in [0.3, 0.4) is 0 Å². The number of carboxylic acid groups (broad SMARTS) is 1. The third-order valence-corrected chi connectivity index (χ3v) is 4.40. The van der Waals surface area contributed by atoms with Crippen LogP contribution in [0.25, 0.3) is 0 Å². The molecule has 6 heteroatoms. The number of amides is 2. The average molecular weight is 316 g/mol. The largest absolute Gasteiger partial charge is 0.481 e. The van der Waals surface area contributed by atoms with Gasteiger partial charge in [0.15, 0.2) is 0 Å². The molecule has 1 unspecified atom stereocenters. The molecule has 6 nitrogen and oxygen atoms in total. The number of carbonyl (C=O) groups is 3. The Hall–Kier alpha value is -2.37. The zero-order valence-corrected chi connectivity index (χ0v) is 12.8. The van der Waals surface area contributed by atoms with Gasteiger partial charge in [0.1, 0.15) is 0 Å². The van der Waals surface area contributed by atoms with Gasteiger partial charge in [0, 0.05) is 29.8 Å². The number of hydrogen-bond acceptors (Lipinski definition) is 3. The number of rotatable bonds is 5. The van der Waals surface area contributed by atoms with Crippen LogP contribution in [0, 0.1) is 5.92 Å². The fourth-order valence-corrected chi connectivity index (χ4v) is 2.97. The topological polar surface area (TPSA) is 86.7 Å². The van der Waals surface area contributed by atoms with E-state index in [1.807, 2.05) is 0 Å². The van der Waals surface area contributed by atoms with Gasteiger partial charge in [-0.05, 0) is 49.9 Å². The first kappa shape index (κ1) is 15.5. The van der Waals surface area contributed by atoms with E-state index in [4.69, 9.17) is 5.11 Å². The molecule has 0 spiro atoms. The Morgan fingerprint density at radius 1 is 1.13 bits per heavy atom. The molecule has 0 radical (unpaired) electrons. The van der Waals surface area contributed by atoms with Gasteiger partial charge in [-0.2, -0.15) is 0 Å². The van der Waals surface area contributed by atoms with Crippen molar-refractivity contribution in [2.75, 3.05) is 11.9 Å². The van der Waals surface area contributed by atoms with E-state index in [1.54, 1.807) is 29.2 Å². The maximum Gasteiger partial charge on any atom is 0.305 e. The summed E-state index contributed by atoms with van der Waals surface area (Å²) in [6.07, 6.45) is 3.44. The Balaban J connectivity index is 1.64. The van der Waals surface area contributed by atoms with Crippen molar-refractivity contribution in [1.82, 2.24) is 4.90 Å². The normalized spacial score (nSPS) is 20.3. The maximum atomic E-state index is 12.5. The molecular formula is C17H20N2O4. The van der Waals surface area contributed by atoms with Crippen molar-refractivity contribution in [3.05, 3.63) is 29.8 Å². The van der Waals surface area contributed by atoms with E-state index in [2.05, 4.69) is 5.32 Å². The van der Waals surface area contributed by atoms with Crippen LogP contribution in [0.1, 0.15) is 42.5 Å². The summed E-state index contributed by atoms with van der Waals surface area (Å²) in [6.45, 7) is 0.594. The van der Waals surface area contributed by atoms with Crippen LogP contribution in [-0.2, 0) is 9.59 Å². The Morgan fingerprint density at radius 2 is 1.83 bits per heavy atom. The van der Waals surface area contributed by atoms with Crippen LogP contribution in [0.15, 0.2) is 24.3 Å². The molecule has 1 aliphatic heterocycles. The smallest absolute Gasteiger partial charge is 0.305 e. The van der Waals surface area contributed by atoms with Crippen molar-refractivity contribution < 1.29 is 19.5 Å². The Kier molecular flexibility index (Phi) is 4.32. The molecule has 1 saturated heterocycles. The van der Waals surface area contributed by atoms with Gasteiger partial charge in [0.2, 0.25) is 5.91 Å². The highest BCUT2D eigenvalue weighted by molar-refractivity contribution is 5.97. The predicted molar refractivity (Wildman–Crippen MR) is 84.1 cm³/mol. The Morgan fingerprint density at radius 3 is 2.43 bits per heavy atom. The van der Waals surface area contributed by atoms with Crippen LogP contribution in [-0.4, -0.2) is 40.4 Å². The molecule has 1 saturated carbocycles. The van der Waals surface area contributed by atoms with Gasteiger partial charge in [0.25, 0.3) is 5.91 Å². The minimum absolute atomic E-state index is 0.0126. The fourth-order valence-electron chi connectivity index (χ4n) is 2.97. The summed E-state index contributed by atoms with van der Waals surface area (Å²) >= 11 is 0. The van der Waals surface area contributed by atoms with Gasteiger partial charge >= 0.3 is 5.97 Å². The summed E-state index contributed by atoms with van der Waals surface area (Å²) in [4.78, 5) is 36.8. The highest BCUT2D eigenvalue weighted by atomic mass is 16.4. The standard InChI is InChI=1S/C17H20N2O4/c20-15(21)10-14-2-1-9-19(14)17(23)12-5-7-13(8-6-12)18-16(22)11-3-4-11/h5-8,11,14H,1-4,9-10H2,(H,18,22)(H,20,21). The SMILES string of the molecule is O=C(O)CC1CCCN1C(=O)c1ccc(NC(=O)C2CC2)cc1. The lowest BCUT2D eigenvalue weighted by Crippen LogP contribution is -2.36. The summed E-state index contributed by atoms with van der Waals surface area (Å²) < 4.78 is 0. The fraction of sp³-hybridized carbons (Fsp3) is 0.471. The molecule has 3 rings (SSSR count). The molecule has 0 aromatic heterocycles. The monoisotopic (exact) mass is 316 g/mol. The summed E-state index contributed by atoms with van der Waals surface area (Å²) in [5.74, 6) is -0.857. The molecule has 1 aromatic rings. The quantitative estimate of drug-likeness (QED) is 0.871. The summed E-state index contributed by atoms with van der Waals surface area (Å²) in [5, 5.41) is 11.8. The van der Waals surface area contributed by atoms with Crippen LogP contribution in [0.5, 0.6) is 0 Å². The minimum atomic E-state index is -0.882. The van der Waals surface area contributed by atoms with Crippen molar-refractivity contribution in [2.45, 2.75) is 38.1 Å². The van der Waals surface area contributed by atoms with E-state index in [1.165, 1.54) is 0 Å². The molecule has 2 amide bonds. The third-order valence-electron chi connectivity index (χ3n) is 4.40. The van der Waals surface area contributed by atoms with Crippen molar-refractivity contribution in [3.63, 3.8) is 0 Å². The summed E-state index contributed by atoms with van der Waals surface area (Å²) in [6, 6.07) is 6.57. The number of carboxylic acids is 1. The number of aliphatic carboxylic acids is 1. The molecule has 1 aliphatic carbocycles. The molecule has 2 N–H and O–H groups in total. The summed E-state index contributed by atoms with van der Waals surface area (Å²) in [7, 11) is 0. The van der Waals surface area contributed by atoms with Crippen molar-refractivity contribution in [2.24, 2.45) is 5.92 Å². The van der Waals surface area contributed by atoms with Crippen LogP contribution in [0.2, 0.25) is 0 Å². The second-order valence-corrected chi connectivity index (χ2v) is 6.23. The number of hydrogen-bond donors (Lipinski definition) is 2. The number of carbonyl (C=O) groups excluding carboxylic acids is 2. The zero-order chi connectivity index (χ0) is 16.4. The minimum Gasteiger partial charge on any atom is -0.481 e. The van der Waals surface area contributed by atoms with E-state index in [9.17, 15) is 14.4 Å². The lowest BCUT2D eigenvalue weighted by atomic mass is 10.1. The maximum absolute atomic E-state index is 12.5. The van der Waals surface area contributed by atoms with E-state index in [0.29, 0.717) is 17.8 Å². The predicted octanol–water partition coefficient (Wildman–Crippen LogP) is 2.11. The molecule has 23 heavy (non-hydrogen) atoms. The highest BCUT2D eigenvalue weighted by Crippen LogP contribution is 2.30. The third kappa shape index (κ3) is 3.70. The molecule has 122 valence electrons. The van der Waals surface area contributed by atoms with Crippen molar-refractivity contribution >= 4 is 23.5 Å². The van der Waals surface area contributed by atoms with Crippen molar-refractivity contribution in [3.8, 4) is 0 Å². The van der Waals surface area contributed by atoms with Gasteiger partial charge in [-0.1, -0.05) is 0 Å². The van der Waals surface area contributed by atoms with Gasteiger partial charge in [0.05, 0.1) is 6.42 Å². The van der Waals surface area contributed by atoms with E-state index >= 15 is 0 Å². The summed E-state index contributed by atoms with van der Waals surface area (Å²) in [5.41, 5.74) is 1.20. The van der Waals surface area contributed by atoms with Crippen molar-refractivity contribution in [1.29, 1.82) is 0 Å². The Labute approximate surface area is 134 Å². The molecular weight excluding hydrogens is 296 g/mol. The zero-order valence-electron chi connectivity index (χ0n) is 12.8. The van der Waals surface area contributed by atoms with E-state index in [0.717, 1.165) is 25.7 Å². The molecule has 0 bridgehead atoms. The molecule has 2 aliphatic rings. The highest BCUT2D eigenvalue weighted by Gasteiger charge is 2.31. The molecule has 2 fully saturated rings. The average Bonchev–Trinajstić information content (AvgIpc) is 3.28. The molecule has 1 atom stereocenters.